The van der Waals surface area contributed by atoms with Crippen LogP contribution in [0, 0.1) is 22.7 Å². The summed E-state index contributed by atoms with van der Waals surface area (Å²) in [5, 5.41) is 22.8. The lowest BCUT2D eigenvalue weighted by Crippen LogP contribution is -2.78. The van der Waals surface area contributed by atoms with E-state index in [4.69, 9.17) is 18.9 Å². The Bertz CT molecular complexity index is 934. The number of fused-ring (bicyclic) bond motifs is 3. The molecule has 0 aromatic rings. The van der Waals surface area contributed by atoms with Gasteiger partial charge in [0.15, 0.2) is 11.6 Å². The molecule has 0 aromatic carbocycles. The Labute approximate surface area is 217 Å². The number of rotatable bonds is 3. The van der Waals surface area contributed by atoms with Gasteiger partial charge in [0.2, 0.25) is 0 Å². The molecule has 206 valence electrons. The Morgan fingerprint density at radius 1 is 0.583 bits per heavy atom. The molecular weight excluding hydrogens is 456 g/mol. The highest BCUT2D eigenvalue weighted by atomic mass is 16.7. The van der Waals surface area contributed by atoms with E-state index in [1.54, 1.807) is 0 Å². The third-order valence-electron chi connectivity index (χ3n) is 13.2. The van der Waals surface area contributed by atoms with E-state index < -0.39 is 34.0 Å². The van der Waals surface area contributed by atoms with Gasteiger partial charge in [-0.3, -0.25) is 0 Å². The summed E-state index contributed by atoms with van der Waals surface area (Å²) in [5.74, 6) is -1.48. The largest absolute Gasteiger partial charge is 0.364 e. The van der Waals surface area contributed by atoms with Crippen molar-refractivity contribution in [2.45, 2.75) is 166 Å². The Morgan fingerprint density at radius 3 is 1.58 bits per heavy atom. The predicted octanol–water partition coefficient (Wildman–Crippen LogP) is 5.47. The average Bonchev–Trinajstić information content (AvgIpc) is 3.14. The summed E-state index contributed by atoms with van der Waals surface area (Å²) in [6, 6.07) is 0. The topological polar surface area (TPSA) is 77.4 Å². The molecule has 2 aliphatic carbocycles. The van der Waals surface area contributed by atoms with Crippen molar-refractivity contribution in [3.05, 3.63) is 0 Å². The summed E-state index contributed by atoms with van der Waals surface area (Å²) in [6.07, 6.45) is 8.99. The maximum atomic E-state index is 11.5. The Hall–Kier alpha value is -0.240. The minimum atomic E-state index is -1.23. The highest BCUT2D eigenvalue weighted by Gasteiger charge is 2.74. The van der Waals surface area contributed by atoms with Gasteiger partial charge < -0.3 is 29.2 Å². The maximum Gasteiger partial charge on any atom is 0.195 e. The van der Waals surface area contributed by atoms with Crippen molar-refractivity contribution >= 4 is 0 Å². The molecule has 2 saturated carbocycles. The molecule has 5 heterocycles. The molecule has 6 nitrogen and oxygen atoms in total. The first-order valence-corrected chi connectivity index (χ1v) is 14.7. The molecule has 2 N–H and O–H groups in total. The Balaban J connectivity index is 1.35. The quantitative estimate of drug-likeness (QED) is 0.529. The van der Waals surface area contributed by atoms with Crippen molar-refractivity contribution in [2.75, 3.05) is 0 Å². The zero-order chi connectivity index (χ0) is 26.2. The fraction of sp³-hybridized carbons (Fsp3) is 1.00. The lowest BCUT2D eigenvalue weighted by Gasteiger charge is -2.70. The lowest BCUT2D eigenvalue weighted by atomic mass is 9.48. The first-order valence-electron chi connectivity index (χ1n) is 14.7. The van der Waals surface area contributed by atoms with Crippen LogP contribution in [0.5, 0.6) is 0 Å². The van der Waals surface area contributed by atoms with Gasteiger partial charge in [-0.05, 0) is 90.9 Å². The van der Waals surface area contributed by atoms with Gasteiger partial charge in [0, 0.05) is 23.7 Å². The predicted molar refractivity (Wildman–Crippen MR) is 136 cm³/mol. The van der Waals surface area contributed by atoms with Crippen molar-refractivity contribution in [3.63, 3.8) is 0 Å². The van der Waals surface area contributed by atoms with Crippen molar-refractivity contribution < 1.29 is 29.2 Å². The molecule has 7 rings (SSSR count). The highest BCUT2D eigenvalue weighted by Crippen LogP contribution is 2.68. The molecule has 0 unspecified atom stereocenters. The molecule has 5 saturated heterocycles. The molecule has 6 heteroatoms. The standard InChI is InChI=1S/C30H50O6/c1-19-10-12-22-27(15-17-29(31,34-22)24(5,6)35-27)25(19,7)13-14-26(8)20(2)9-11-21-28(26)16-18-30(32,36-28)23(3,4)33-21/h19-22,31-32H,9-18H2,1-8H3/t19-,20-,21-,22-,25+,26-,27+,28-,29+,30+/m0/s1. The molecule has 0 radical (unpaired) electrons. The van der Waals surface area contributed by atoms with E-state index in [1.165, 1.54) is 0 Å². The van der Waals surface area contributed by atoms with Crippen molar-refractivity contribution in [3.8, 4) is 0 Å². The van der Waals surface area contributed by atoms with Gasteiger partial charge in [0.25, 0.3) is 0 Å². The van der Waals surface area contributed by atoms with E-state index in [2.05, 4.69) is 27.7 Å². The van der Waals surface area contributed by atoms with Gasteiger partial charge in [0.1, 0.15) is 22.4 Å². The third kappa shape index (κ3) is 2.85. The van der Waals surface area contributed by atoms with Gasteiger partial charge >= 0.3 is 0 Å². The first-order chi connectivity index (χ1) is 16.5. The van der Waals surface area contributed by atoms with Gasteiger partial charge in [-0.1, -0.05) is 27.7 Å². The van der Waals surface area contributed by atoms with Crippen LogP contribution in [0.4, 0.5) is 0 Å². The molecule has 4 bridgehead atoms. The van der Waals surface area contributed by atoms with Crippen LogP contribution in [-0.4, -0.2) is 56.4 Å². The second kappa shape index (κ2) is 7.28. The smallest absolute Gasteiger partial charge is 0.195 e. The summed E-state index contributed by atoms with van der Waals surface area (Å²) in [7, 11) is 0. The fourth-order valence-electron chi connectivity index (χ4n) is 9.79. The van der Waals surface area contributed by atoms with E-state index in [1.807, 2.05) is 27.7 Å². The van der Waals surface area contributed by atoms with Gasteiger partial charge in [-0.2, -0.15) is 0 Å². The van der Waals surface area contributed by atoms with Crippen LogP contribution in [0.2, 0.25) is 0 Å². The summed E-state index contributed by atoms with van der Waals surface area (Å²) in [6.45, 7) is 17.5. The van der Waals surface area contributed by atoms with Crippen LogP contribution < -0.4 is 0 Å². The normalized spacial score (nSPS) is 58.8. The molecule has 10 atom stereocenters. The molecule has 0 amide bonds. The molecule has 2 spiro atoms. The number of aliphatic hydroxyl groups is 2. The summed E-state index contributed by atoms with van der Waals surface area (Å²) in [5.41, 5.74) is -2.51. The fourth-order valence-corrected chi connectivity index (χ4v) is 9.79. The Kier molecular flexibility index (Phi) is 5.26. The van der Waals surface area contributed by atoms with Gasteiger partial charge in [-0.15, -0.1) is 0 Å². The molecular formula is C30H50O6. The minimum absolute atomic E-state index is 0.0110. The molecule has 0 aromatic heterocycles. The Morgan fingerprint density at radius 2 is 1.06 bits per heavy atom. The lowest BCUT2D eigenvalue weighted by molar-refractivity contribution is -0.468. The van der Waals surface area contributed by atoms with Crippen LogP contribution in [0.1, 0.15) is 120 Å². The van der Waals surface area contributed by atoms with E-state index in [0.717, 1.165) is 51.4 Å². The van der Waals surface area contributed by atoms with Crippen molar-refractivity contribution in [2.24, 2.45) is 22.7 Å². The molecule has 7 fully saturated rings. The van der Waals surface area contributed by atoms with Crippen LogP contribution >= 0.6 is 0 Å². The first kappa shape index (κ1) is 26.0. The zero-order valence-corrected chi connectivity index (χ0v) is 23.9. The molecule has 36 heavy (non-hydrogen) atoms. The van der Waals surface area contributed by atoms with Crippen LogP contribution in [0.25, 0.3) is 0 Å². The van der Waals surface area contributed by atoms with Crippen molar-refractivity contribution in [1.82, 2.24) is 0 Å². The maximum absolute atomic E-state index is 11.5. The number of hydrogen-bond donors (Lipinski definition) is 2. The summed E-state index contributed by atoms with van der Waals surface area (Å²) >= 11 is 0. The highest BCUT2D eigenvalue weighted by molar-refractivity contribution is 5.20. The van der Waals surface area contributed by atoms with Crippen LogP contribution in [0.3, 0.4) is 0 Å². The van der Waals surface area contributed by atoms with Gasteiger partial charge in [0.05, 0.1) is 12.2 Å². The third-order valence-corrected chi connectivity index (χ3v) is 13.2. The summed E-state index contributed by atoms with van der Waals surface area (Å²) < 4.78 is 27.0. The van der Waals surface area contributed by atoms with E-state index in [0.29, 0.717) is 24.7 Å². The van der Waals surface area contributed by atoms with Crippen LogP contribution in [-0.2, 0) is 18.9 Å². The van der Waals surface area contributed by atoms with E-state index >= 15 is 0 Å². The minimum Gasteiger partial charge on any atom is -0.364 e. The SMILES string of the molecule is C[C@H]1CC[C@@H]2OC(C)(C)[C@@]3(O)CC[C@@]2(O3)[C@@]1(C)CC[C@]1(C)[C@@H](C)CC[C@@H]2O[C@]3(O)CC[C@@]21OC3(C)C. The second-order valence-corrected chi connectivity index (χ2v) is 15.1. The second-order valence-electron chi connectivity index (χ2n) is 15.1. The van der Waals surface area contributed by atoms with Crippen LogP contribution in [0.15, 0.2) is 0 Å². The molecule has 5 aliphatic heterocycles. The van der Waals surface area contributed by atoms with Crippen molar-refractivity contribution in [1.29, 1.82) is 0 Å². The molecule has 7 aliphatic rings. The monoisotopic (exact) mass is 506 g/mol. The van der Waals surface area contributed by atoms with E-state index in [-0.39, 0.29) is 23.0 Å². The van der Waals surface area contributed by atoms with E-state index in [9.17, 15) is 10.2 Å². The summed E-state index contributed by atoms with van der Waals surface area (Å²) in [4.78, 5) is 0. The average molecular weight is 507 g/mol. The van der Waals surface area contributed by atoms with Gasteiger partial charge in [-0.25, -0.2) is 0 Å². The zero-order valence-electron chi connectivity index (χ0n) is 23.9. The number of ether oxygens (including phenoxy) is 4. The number of hydrogen-bond acceptors (Lipinski definition) is 6.